The third kappa shape index (κ3) is 4.00. The smallest absolute Gasteiger partial charge is 0.115 e. The Labute approximate surface area is 244 Å². The minimum Gasteiger partial charge on any atom is -0.508 e. The van der Waals surface area contributed by atoms with E-state index in [-0.39, 0.29) is 28.9 Å². The van der Waals surface area contributed by atoms with Crippen LogP contribution < -0.4 is 0 Å². The van der Waals surface area contributed by atoms with Crippen LogP contribution in [0.1, 0.15) is 44.9 Å². The fraction of sp³-hybridized carbons (Fsp3) is 0.0526. The van der Waals surface area contributed by atoms with E-state index >= 15 is 0 Å². The van der Waals surface area contributed by atoms with Gasteiger partial charge in [0.05, 0.1) is 5.41 Å². The largest absolute Gasteiger partial charge is 0.508 e. The number of benzene rings is 6. The topological polar surface area (TPSA) is 80.9 Å². The number of rotatable bonds is 5. The Balaban J connectivity index is 1.50. The number of fused-ring (bicyclic) bond motifs is 3. The van der Waals surface area contributed by atoms with Crippen molar-refractivity contribution < 1.29 is 20.4 Å². The van der Waals surface area contributed by atoms with Crippen molar-refractivity contribution >= 4 is 0 Å². The summed E-state index contributed by atoms with van der Waals surface area (Å²) in [6.07, 6.45) is 0. The monoisotopic (exact) mass is 548 g/mol. The first-order valence-electron chi connectivity index (χ1n) is 13.9. The van der Waals surface area contributed by atoms with Crippen molar-refractivity contribution in [1.82, 2.24) is 0 Å². The van der Waals surface area contributed by atoms with E-state index in [0.717, 1.165) is 50.1 Å². The van der Waals surface area contributed by atoms with Crippen LogP contribution >= 0.6 is 0 Å². The molecule has 1 aliphatic carbocycles. The second kappa shape index (κ2) is 9.86. The van der Waals surface area contributed by atoms with Gasteiger partial charge in [-0.05, 0) is 105 Å². The SMILES string of the molecule is Oc1ccc(C(c2ccc(O)cc2)c2ccc3c(c2)-c2ccccc2C3(c2ccc(O)cc2)c2ccc(O)cc2)cc1. The molecule has 6 aromatic rings. The molecule has 0 atom stereocenters. The second-order valence-electron chi connectivity index (χ2n) is 10.8. The first-order chi connectivity index (χ1) is 20.4. The van der Waals surface area contributed by atoms with Crippen LogP contribution in [0.5, 0.6) is 23.0 Å². The van der Waals surface area contributed by atoms with Crippen LogP contribution in [-0.2, 0) is 5.41 Å². The number of phenolic OH excluding ortho intramolecular Hbond substituents is 4. The van der Waals surface area contributed by atoms with Crippen molar-refractivity contribution in [1.29, 1.82) is 0 Å². The molecule has 0 fully saturated rings. The van der Waals surface area contributed by atoms with Gasteiger partial charge in [-0.25, -0.2) is 0 Å². The third-order valence-electron chi connectivity index (χ3n) is 8.46. The van der Waals surface area contributed by atoms with Crippen LogP contribution in [0.25, 0.3) is 11.1 Å². The Morgan fingerprint density at radius 2 is 0.786 bits per heavy atom. The summed E-state index contributed by atoms with van der Waals surface area (Å²) >= 11 is 0. The molecule has 6 aromatic carbocycles. The highest BCUT2D eigenvalue weighted by Crippen LogP contribution is 2.57. The van der Waals surface area contributed by atoms with E-state index in [2.05, 4.69) is 42.5 Å². The summed E-state index contributed by atoms with van der Waals surface area (Å²) in [4.78, 5) is 0. The quantitative estimate of drug-likeness (QED) is 0.164. The van der Waals surface area contributed by atoms with Crippen molar-refractivity contribution in [3.05, 3.63) is 178 Å². The highest BCUT2D eigenvalue weighted by Gasteiger charge is 2.46. The molecular formula is C38H28O4. The molecule has 0 amide bonds. The van der Waals surface area contributed by atoms with Gasteiger partial charge in [-0.3, -0.25) is 0 Å². The van der Waals surface area contributed by atoms with E-state index in [1.165, 1.54) is 0 Å². The maximum atomic E-state index is 10.2. The van der Waals surface area contributed by atoms with E-state index in [0.29, 0.717) is 0 Å². The van der Waals surface area contributed by atoms with E-state index < -0.39 is 5.41 Å². The normalized spacial score (nSPS) is 13.1. The minimum absolute atomic E-state index is 0.138. The van der Waals surface area contributed by atoms with Crippen LogP contribution in [0.2, 0.25) is 0 Å². The summed E-state index contributed by atoms with van der Waals surface area (Å²) in [6.45, 7) is 0. The number of hydrogen-bond donors (Lipinski definition) is 4. The second-order valence-corrected chi connectivity index (χ2v) is 10.8. The molecule has 4 N–H and O–H groups in total. The van der Waals surface area contributed by atoms with Crippen LogP contribution in [0.3, 0.4) is 0 Å². The number of hydrogen-bond acceptors (Lipinski definition) is 4. The minimum atomic E-state index is -0.668. The van der Waals surface area contributed by atoms with Gasteiger partial charge in [0.15, 0.2) is 0 Å². The molecule has 0 saturated carbocycles. The predicted molar refractivity (Wildman–Crippen MR) is 164 cm³/mol. The summed E-state index contributed by atoms with van der Waals surface area (Å²) in [5, 5.41) is 40.3. The summed E-state index contributed by atoms with van der Waals surface area (Å²) in [5.74, 6) is 0.678. The average molecular weight is 549 g/mol. The van der Waals surface area contributed by atoms with Gasteiger partial charge in [0, 0.05) is 5.92 Å². The number of phenols is 4. The van der Waals surface area contributed by atoms with Crippen molar-refractivity contribution in [3.63, 3.8) is 0 Å². The van der Waals surface area contributed by atoms with Gasteiger partial charge in [-0.1, -0.05) is 84.9 Å². The Hall–Kier alpha value is -5.48. The molecule has 0 heterocycles. The summed E-state index contributed by atoms with van der Waals surface area (Å²) in [5.41, 5.74) is 8.93. The lowest BCUT2D eigenvalue weighted by Gasteiger charge is -2.34. The van der Waals surface area contributed by atoms with E-state index in [9.17, 15) is 20.4 Å². The molecule has 1 aliphatic rings. The Bertz CT molecular complexity index is 1800. The van der Waals surface area contributed by atoms with Crippen molar-refractivity contribution in [2.24, 2.45) is 0 Å². The Morgan fingerprint density at radius 1 is 0.381 bits per heavy atom. The average Bonchev–Trinajstić information content (AvgIpc) is 3.31. The van der Waals surface area contributed by atoms with E-state index in [1.54, 1.807) is 48.5 Å². The third-order valence-corrected chi connectivity index (χ3v) is 8.46. The lowest BCUT2D eigenvalue weighted by atomic mass is 9.67. The van der Waals surface area contributed by atoms with Crippen LogP contribution in [0.15, 0.2) is 140 Å². The summed E-state index contributed by atoms with van der Waals surface area (Å²) < 4.78 is 0. The van der Waals surface area contributed by atoms with Gasteiger partial charge in [0.1, 0.15) is 23.0 Å². The molecular weight excluding hydrogens is 520 g/mol. The van der Waals surface area contributed by atoms with Crippen LogP contribution in [0.4, 0.5) is 0 Å². The summed E-state index contributed by atoms with van der Waals surface area (Å²) in [6, 6.07) is 44.3. The van der Waals surface area contributed by atoms with Crippen molar-refractivity contribution in [3.8, 4) is 34.1 Å². The van der Waals surface area contributed by atoms with Gasteiger partial charge in [0.25, 0.3) is 0 Å². The standard InChI is InChI=1S/C38H28O4/c39-29-14-5-24(6-15-29)37(25-7-16-30(40)17-8-25)26-9-22-36-34(23-26)33-3-1-2-4-35(33)38(36,27-10-18-31(41)19-11-27)28-12-20-32(42)21-13-28/h1-23,37,39-42H. The molecule has 42 heavy (non-hydrogen) atoms. The van der Waals surface area contributed by atoms with Crippen LogP contribution in [0, 0.1) is 0 Å². The lowest BCUT2D eigenvalue weighted by molar-refractivity contribution is 0.474. The molecule has 0 radical (unpaired) electrons. The molecule has 204 valence electrons. The zero-order chi connectivity index (χ0) is 28.8. The maximum absolute atomic E-state index is 10.2. The molecule has 4 heteroatoms. The lowest BCUT2D eigenvalue weighted by Crippen LogP contribution is -2.28. The highest BCUT2D eigenvalue weighted by molar-refractivity contribution is 5.87. The fourth-order valence-electron chi connectivity index (χ4n) is 6.60. The Morgan fingerprint density at radius 3 is 1.29 bits per heavy atom. The first kappa shape index (κ1) is 25.5. The molecule has 0 saturated heterocycles. The number of aromatic hydroxyl groups is 4. The van der Waals surface area contributed by atoms with Gasteiger partial charge >= 0.3 is 0 Å². The molecule has 0 unspecified atom stereocenters. The van der Waals surface area contributed by atoms with E-state index in [4.69, 9.17) is 0 Å². The molecule has 0 aliphatic heterocycles. The maximum Gasteiger partial charge on any atom is 0.115 e. The molecule has 0 spiro atoms. The van der Waals surface area contributed by atoms with Gasteiger partial charge < -0.3 is 20.4 Å². The zero-order valence-electron chi connectivity index (χ0n) is 22.6. The molecule has 4 nitrogen and oxygen atoms in total. The van der Waals surface area contributed by atoms with Crippen molar-refractivity contribution in [2.45, 2.75) is 11.3 Å². The van der Waals surface area contributed by atoms with Gasteiger partial charge in [0.2, 0.25) is 0 Å². The van der Waals surface area contributed by atoms with Gasteiger partial charge in [-0.15, -0.1) is 0 Å². The van der Waals surface area contributed by atoms with Crippen LogP contribution in [-0.4, -0.2) is 20.4 Å². The van der Waals surface area contributed by atoms with Crippen molar-refractivity contribution in [2.75, 3.05) is 0 Å². The predicted octanol–water partition coefficient (Wildman–Crippen LogP) is 8.05. The van der Waals surface area contributed by atoms with Gasteiger partial charge in [-0.2, -0.15) is 0 Å². The zero-order valence-corrected chi connectivity index (χ0v) is 22.6. The Kier molecular flexibility index (Phi) is 5.98. The molecule has 0 bridgehead atoms. The fourth-order valence-corrected chi connectivity index (χ4v) is 6.60. The molecule has 0 aromatic heterocycles. The molecule has 7 rings (SSSR count). The first-order valence-corrected chi connectivity index (χ1v) is 13.9. The summed E-state index contributed by atoms with van der Waals surface area (Å²) in [7, 11) is 0. The highest BCUT2D eigenvalue weighted by atomic mass is 16.3. The van der Waals surface area contributed by atoms with E-state index in [1.807, 2.05) is 48.5 Å².